The third-order valence-corrected chi connectivity index (χ3v) is 10.0. The Kier molecular flexibility index (Phi) is 11.0. The average molecular weight is 724 g/mol. The van der Waals surface area contributed by atoms with Gasteiger partial charge in [0, 0.05) is 56.1 Å². The van der Waals surface area contributed by atoms with E-state index in [9.17, 15) is 23.6 Å². The van der Waals surface area contributed by atoms with E-state index < -0.39 is 17.8 Å². The molecule has 7 rings (SSSR count). The van der Waals surface area contributed by atoms with Crippen molar-refractivity contribution < 1.29 is 23.5 Å². The molecule has 0 radical (unpaired) electrons. The number of carbonyl (C=O) groups is 3. The van der Waals surface area contributed by atoms with Gasteiger partial charge in [-0.25, -0.2) is 19.0 Å². The van der Waals surface area contributed by atoms with Gasteiger partial charge in [-0.1, -0.05) is 18.2 Å². The Morgan fingerprint density at radius 2 is 1.72 bits per heavy atom. The number of hydrogen-bond acceptors (Lipinski definition) is 11. The molecule has 4 aromatic rings. The maximum absolute atomic E-state index is 15.0. The summed E-state index contributed by atoms with van der Waals surface area (Å²) in [5, 5.41) is 9.30. The van der Waals surface area contributed by atoms with Crippen molar-refractivity contribution in [2.24, 2.45) is 5.92 Å². The number of amides is 3. The molecule has 0 aliphatic carbocycles. The highest BCUT2D eigenvalue weighted by Gasteiger charge is 2.28. The minimum absolute atomic E-state index is 0.0998. The van der Waals surface area contributed by atoms with Crippen molar-refractivity contribution in [2.75, 3.05) is 62.6 Å². The predicted molar refractivity (Wildman–Crippen MR) is 195 cm³/mol. The van der Waals surface area contributed by atoms with Crippen LogP contribution in [0.15, 0.2) is 78.0 Å². The normalized spacial score (nSPS) is 18.5. The van der Waals surface area contributed by atoms with E-state index in [-0.39, 0.29) is 29.5 Å². The molecule has 1 unspecified atom stereocenters. The van der Waals surface area contributed by atoms with Gasteiger partial charge < -0.3 is 19.9 Å². The van der Waals surface area contributed by atoms with Crippen molar-refractivity contribution in [3.05, 3.63) is 94.9 Å². The Morgan fingerprint density at radius 1 is 0.925 bits per heavy atom. The molecule has 14 nitrogen and oxygen atoms in total. The lowest BCUT2D eigenvalue weighted by molar-refractivity contribution is -0.134. The second kappa shape index (κ2) is 16.3. The molecule has 276 valence electrons. The lowest BCUT2D eigenvalue weighted by atomic mass is 9.98. The van der Waals surface area contributed by atoms with Crippen molar-refractivity contribution in [1.82, 2.24) is 34.9 Å². The van der Waals surface area contributed by atoms with E-state index in [4.69, 9.17) is 4.74 Å². The largest absolute Gasteiger partial charge is 0.490 e. The van der Waals surface area contributed by atoms with E-state index in [1.807, 2.05) is 35.2 Å². The molecule has 3 aliphatic heterocycles. The Bertz CT molecular complexity index is 1990. The molecule has 3 aliphatic rings. The number of benzene rings is 2. The van der Waals surface area contributed by atoms with Crippen molar-refractivity contribution in [2.45, 2.75) is 38.3 Å². The van der Waals surface area contributed by atoms with Gasteiger partial charge >= 0.3 is 0 Å². The van der Waals surface area contributed by atoms with Gasteiger partial charge in [0.1, 0.15) is 11.9 Å². The Balaban J connectivity index is 0.814. The number of hydrogen-bond donors (Lipinski definition) is 2. The van der Waals surface area contributed by atoms with E-state index in [1.54, 1.807) is 30.7 Å². The minimum Gasteiger partial charge on any atom is -0.490 e. The summed E-state index contributed by atoms with van der Waals surface area (Å²) in [4.78, 5) is 63.8. The quantitative estimate of drug-likeness (QED) is 0.220. The van der Waals surface area contributed by atoms with E-state index in [1.165, 1.54) is 16.8 Å². The van der Waals surface area contributed by atoms with Gasteiger partial charge in [0.15, 0.2) is 11.6 Å². The lowest BCUT2D eigenvalue weighted by Crippen LogP contribution is -2.52. The van der Waals surface area contributed by atoms with Crippen LogP contribution < -0.4 is 25.8 Å². The van der Waals surface area contributed by atoms with Gasteiger partial charge in [-0.15, -0.1) is 0 Å². The first-order valence-corrected chi connectivity index (χ1v) is 18.0. The zero-order valence-corrected chi connectivity index (χ0v) is 29.3. The summed E-state index contributed by atoms with van der Waals surface area (Å²) in [5.74, 6) is 0.394. The SMILES string of the molecule is O=C1CCC(Nc2ccc(N3CCN(C(=O)CN4CCC(COc5cnc(-c6cccc(Cn7ncccc7=O)c6)nc5)CC4)CC3)cc2F)C(=O)N1. The molecule has 1 atom stereocenters. The zero-order chi connectivity index (χ0) is 36.7. The highest BCUT2D eigenvalue weighted by Crippen LogP contribution is 2.26. The van der Waals surface area contributed by atoms with Crippen LogP contribution in [-0.2, 0) is 20.9 Å². The fourth-order valence-corrected chi connectivity index (χ4v) is 6.89. The summed E-state index contributed by atoms with van der Waals surface area (Å²) in [6.45, 7) is 5.21. The van der Waals surface area contributed by atoms with Gasteiger partial charge in [-0.05, 0) is 74.2 Å². The smallest absolute Gasteiger partial charge is 0.267 e. The number of nitrogens with one attached hydrogen (secondary N) is 2. The number of anilines is 2. The first-order valence-electron chi connectivity index (χ1n) is 18.0. The first kappa shape index (κ1) is 35.7. The molecule has 0 bridgehead atoms. The van der Waals surface area contributed by atoms with Crippen molar-refractivity contribution in [3.63, 3.8) is 0 Å². The van der Waals surface area contributed by atoms with Crippen LogP contribution in [0.25, 0.3) is 11.4 Å². The molecule has 53 heavy (non-hydrogen) atoms. The van der Waals surface area contributed by atoms with Crippen LogP contribution in [0.4, 0.5) is 15.8 Å². The van der Waals surface area contributed by atoms with Crippen LogP contribution in [0, 0.1) is 11.7 Å². The third-order valence-electron chi connectivity index (χ3n) is 10.0. The van der Waals surface area contributed by atoms with Gasteiger partial charge in [-0.3, -0.25) is 29.4 Å². The minimum atomic E-state index is -0.655. The number of ether oxygens (including phenoxy) is 1. The number of likely N-dealkylation sites (tertiary alicyclic amines) is 1. The standard InChI is InChI=1S/C38H42FN9O5/c39-31-20-29(6-7-32(31)43-33-8-9-34(49)44-38(33)52)46-15-17-47(18-16-46)36(51)24-45-13-10-26(11-14-45)25-53-30-21-40-37(41-22-30)28-4-1-3-27(19-28)23-48-35(50)5-2-12-42-48/h1-7,12,19-22,26,33,43H,8-11,13-18,23-25H2,(H,44,49,52). The number of piperidine rings is 2. The molecule has 0 saturated carbocycles. The number of carbonyl (C=O) groups excluding carboxylic acids is 3. The van der Waals surface area contributed by atoms with E-state index in [2.05, 4.69) is 35.5 Å². The first-order chi connectivity index (χ1) is 25.8. The number of aromatic nitrogens is 4. The van der Waals surface area contributed by atoms with Crippen molar-refractivity contribution >= 4 is 29.1 Å². The molecule has 3 saturated heterocycles. The molecule has 5 heterocycles. The molecule has 15 heteroatoms. The third kappa shape index (κ3) is 9.03. The molecule has 2 aromatic carbocycles. The Labute approximate surface area is 306 Å². The number of nitrogens with zero attached hydrogens (tertiary/aromatic N) is 7. The van der Waals surface area contributed by atoms with Crippen LogP contribution >= 0.6 is 0 Å². The fraction of sp³-hybridized carbons (Fsp3) is 0.395. The number of piperazine rings is 1. The van der Waals surface area contributed by atoms with Gasteiger partial charge in [-0.2, -0.15) is 5.10 Å². The fourth-order valence-electron chi connectivity index (χ4n) is 6.89. The average Bonchev–Trinajstić information content (AvgIpc) is 3.17. The van der Waals surface area contributed by atoms with Crippen LogP contribution in [0.1, 0.15) is 31.2 Å². The topological polar surface area (TPSA) is 155 Å². The van der Waals surface area contributed by atoms with Crippen LogP contribution in [-0.4, -0.2) is 106 Å². The second-order valence-electron chi connectivity index (χ2n) is 13.7. The summed E-state index contributed by atoms with van der Waals surface area (Å²) >= 11 is 0. The van der Waals surface area contributed by atoms with Gasteiger partial charge in [0.05, 0.1) is 37.8 Å². The van der Waals surface area contributed by atoms with Crippen molar-refractivity contribution in [1.29, 1.82) is 0 Å². The zero-order valence-electron chi connectivity index (χ0n) is 29.3. The van der Waals surface area contributed by atoms with Crippen molar-refractivity contribution in [3.8, 4) is 17.1 Å². The van der Waals surface area contributed by atoms with Crippen LogP contribution in [0.2, 0.25) is 0 Å². The highest BCUT2D eigenvalue weighted by molar-refractivity contribution is 6.01. The molecule has 3 fully saturated rings. The van der Waals surface area contributed by atoms with E-state index in [0.717, 1.165) is 42.7 Å². The van der Waals surface area contributed by atoms with E-state index >= 15 is 0 Å². The number of rotatable bonds is 11. The molecule has 2 aromatic heterocycles. The summed E-state index contributed by atoms with van der Waals surface area (Å²) in [6.07, 6.45) is 7.33. The monoisotopic (exact) mass is 723 g/mol. The van der Waals surface area contributed by atoms with Crippen LogP contribution in [0.5, 0.6) is 5.75 Å². The van der Waals surface area contributed by atoms with E-state index in [0.29, 0.717) is 69.8 Å². The second-order valence-corrected chi connectivity index (χ2v) is 13.7. The number of halogens is 1. The Hall–Kier alpha value is -5.70. The molecule has 2 N–H and O–H groups in total. The van der Waals surface area contributed by atoms with Gasteiger partial charge in [0.2, 0.25) is 17.7 Å². The van der Waals surface area contributed by atoms with Gasteiger partial charge in [0.25, 0.3) is 5.56 Å². The summed E-state index contributed by atoms with van der Waals surface area (Å²) < 4.78 is 22.4. The maximum atomic E-state index is 15.0. The highest BCUT2D eigenvalue weighted by atomic mass is 19.1. The lowest BCUT2D eigenvalue weighted by Gasteiger charge is -2.38. The number of imide groups is 1. The molecular weight excluding hydrogens is 681 g/mol. The summed E-state index contributed by atoms with van der Waals surface area (Å²) in [5.41, 5.74) is 2.53. The summed E-state index contributed by atoms with van der Waals surface area (Å²) in [7, 11) is 0. The summed E-state index contributed by atoms with van der Waals surface area (Å²) in [6, 6.07) is 15.0. The molecular formula is C38H42FN9O5. The predicted octanol–water partition coefficient (Wildman–Crippen LogP) is 2.54. The Morgan fingerprint density at radius 3 is 2.45 bits per heavy atom. The molecule has 0 spiro atoms. The molecule has 3 amide bonds. The van der Waals surface area contributed by atoms with Crippen LogP contribution in [0.3, 0.4) is 0 Å². The maximum Gasteiger partial charge on any atom is 0.267 e.